The van der Waals surface area contributed by atoms with Crippen LogP contribution in [0, 0.1) is 18.3 Å². The van der Waals surface area contributed by atoms with Crippen molar-refractivity contribution in [3.05, 3.63) is 77.4 Å². The van der Waals surface area contributed by atoms with E-state index < -0.39 is 0 Å². The molecule has 0 N–H and O–H groups in total. The zero-order chi connectivity index (χ0) is 23.3. The summed E-state index contributed by atoms with van der Waals surface area (Å²) in [5.41, 5.74) is 7.66. The molecule has 1 saturated carbocycles. The Hall–Kier alpha value is -2.02. The summed E-state index contributed by atoms with van der Waals surface area (Å²) in [5, 5.41) is 0. The minimum atomic E-state index is 0.521. The fourth-order valence-electron chi connectivity index (χ4n) is 6.86. The number of unbranched alkanes of at least 4 members (excludes halogenated alkanes) is 1. The lowest BCUT2D eigenvalue weighted by Gasteiger charge is -2.50. The summed E-state index contributed by atoms with van der Waals surface area (Å²) in [5.74, 6) is 1.63. The molecule has 2 aromatic rings. The van der Waals surface area contributed by atoms with Crippen LogP contribution in [-0.4, -0.2) is 18.0 Å². The van der Waals surface area contributed by atoms with Crippen LogP contribution in [0.1, 0.15) is 99.8 Å². The van der Waals surface area contributed by atoms with Gasteiger partial charge in [0, 0.05) is 24.4 Å². The molecule has 33 heavy (non-hydrogen) atoms. The average molecular weight is 444 g/mol. The Morgan fingerprint density at radius 3 is 2.42 bits per heavy atom. The average Bonchev–Trinajstić information content (AvgIpc) is 2.84. The summed E-state index contributed by atoms with van der Waals surface area (Å²) in [4.78, 5) is 2.60. The van der Waals surface area contributed by atoms with Gasteiger partial charge in [-0.1, -0.05) is 88.2 Å². The highest BCUT2D eigenvalue weighted by molar-refractivity contribution is 5.66. The number of hydrogen-bond acceptors (Lipinski definition) is 1. The van der Waals surface area contributed by atoms with E-state index in [2.05, 4.69) is 80.8 Å². The Kier molecular flexibility index (Phi) is 7.99. The number of piperidine rings is 1. The maximum absolute atomic E-state index is 4.60. The third kappa shape index (κ3) is 5.56. The molecule has 0 amide bonds. The van der Waals surface area contributed by atoms with Crippen molar-refractivity contribution in [3.63, 3.8) is 0 Å². The van der Waals surface area contributed by atoms with Crippen molar-refractivity contribution in [2.75, 3.05) is 13.1 Å². The van der Waals surface area contributed by atoms with E-state index in [9.17, 15) is 0 Å². The second-order valence-electron chi connectivity index (χ2n) is 11.0. The Bertz CT molecular complexity index is 903. The largest absolute Gasteiger partial charge is 0.371 e. The van der Waals surface area contributed by atoms with Crippen LogP contribution in [-0.2, 0) is 6.42 Å². The molecule has 4 rings (SSSR count). The van der Waals surface area contributed by atoms with Gasteiger partial charge in [-0.2, -0.15) is 0 Å². The van der Waals surface area contributed by atoms with Gasteiger partial charge < -0.3 is 4.90 Å². The number of rotatable bonds is 8. The van der Waals surface area contributed by atoms with Gasteiger partial charge in [-0.05, 0) is 85.8 Å². The van der Waals surface area contributed by atoms with Crippen LogP contribution in [0.25, 0.3) is 5.70 Å². The van der Waals surface area contributed by atoms with E-state index in [1.54, 1.807) is 5.56 Å². The second-order valence-corrected chi connectivity index (χ2v) is 11.0. The van der Waals surface area contributed by atoms with Gasteiger partial charge in [0.2, 0.25) is 0 Å². The molecule has 2 fully saturated rings. The molecule has 1 aliphatic heterocycles. The Labute approximate surface area is 203 Å². The summed E-state index contributed by atoms with van der Waals surface area (Å²) in [7, 11) is 0. The lowest BCUT2D eigenvalue weighted by Crippen LogP contribution is -2.43. The van der Waals surface area contributed by atoms with Crippen LogP contribution in [0.4, 0.5) is 0 Å². The first-order valence-electron chi connectivity index (χ1n) is 13.6. The maximum Gasteiger partial charge on any atom is 0.0369 e. The van der Waals surface area contributed by atoms with Crippen LogP contribution in [0.5, 0.6) is 0 Å². The molecular formula is C32H45N. The smallest absolute Gasteiger partial charge is 0.0369 e. The summed E-state index contributed by atoms with van der Waals surface area (Å²) in [6.07, 6.45) is 13.3. The van der Waals surface area contributed by atoms with Crippen molar-refractivity contribution in [1.29, 1.82) is 0 Å². The molecule has 2 aromatic carbocycles. The van der Waals surface area contributed by atoms with Gasteiger partial charge in [-0.3, -0.25) is 0 Å². The molecule has 2 unspecified atom stereocenters. The summed E-state index contributed by atoms with van der Waals surface area (Å²) in [6, 6.07) is 18.2. The lowest BCUT2D eigenvalue weighted by atomic mass is 9.59. The molecule has 2 atom stereocenters. The number of likely N-dealkylation sites (tertiary alicyclic amines) is 1. The van der Waals surface area contributed by atoms with Crippen molar-refractivity contribution in [2.24, 2.45) is 11.3 Å². The fourth-order valence-corrected chi connectivity index (χ4v) is 6.86. The number of aryl methyl sites for hydroxylation is 1. The number of nitrogens with zero attached hydrogens (tertiary/aromatic N) is 1. The van der Waals surface area contributed by atoms with Gasteiger partial charge in [0.1, 0.15) is 0 Å². The number of hydrogen-bond donors (Lipinski definition) is 0. The predicted octanol–water partition coefficient (Wildman–Crippen LogP) is 8.77. The summed E-state index contributed by atoms with van der Waals surface area (Å²) >= 11 is 0. The molecule has 178 valence electrons. The van der Waals surface area contributed by atoms with E-state index in [0.29, 0.717) is 5.41 Å². The van der Waals surface area contributed by atoms with E-state index in [-0.39, 0.29) is 0 Å². The van der Waals surface area contributed by atoms with Gasteiger partial charge in [-0.15, -0.1) is 0 Å². The minimum Gasteiger partial charge on any atom is -0.371 e. The number of benzene rings is 2. The highest BCUT2D eigenvalue weighted by Crippen LogP contribution is 2.53. The van der Waals surface area contributed by atoms with E-state index in [4.69, 9.17) is 0 Å². The monoisotopic (exact) mass is 443 g/mol. The molecule has 0 aromatic heterocycles. The van der Waals surface area contributed by atoms with Crippen molar-refractivity contribution < 1.29 is 0 Å². The third-order valence-electron chi connectivity index (χ3n) is 8.75. The highest BCUT2D eigenvalue weighted by Gasteiger charge is 2.42. The first kappa shape index (κ1) is 24.1. The van der Waals surface area contributed by atoms with Gasteiger partial charge >= 0.3 is 0 Å². The topological polar surface area (TPSA) is 3.24 Å². The van der Waals surface area contributed by atoms with Gasteiger partial charge in [0.15, 0.2) is 0 Å². The molecule has 1 spiro atoms. The van der Waals surface area contributed by atoms with Crippen molar-refractivity contribution in [2.45, 2.75) is 90.9 Å². The van der Waals surface area contributed by atoms with E-state index in [0.717, 1.165) is 24.9 Å². The molecule has 0 radical (unpaired) electrons. The Morgan fingerprint density at radius 2 is 1.73 bits per heavy atom. The fraction of sp³-hybridized carbons (Fsp3) is 0.562. The van der Waals surface area contributed by atoms with Crippen LogP contribution in [0.3, 0.4) is 0 Å². The molecule has 1 aliphatic carbocycles. The maximum atomic E-state index is 4.60. The normalized spacial score (nSPS) is 22.5. The SMILES string of the molecule is C=C(c1cccc(CCCC)c1C)N1CCC2(CC1)CC(CCC)CC(c1ccccc1)C2. The van der Waals surface area contributed by atoms with Crippen LogP contribution >= 0.6 is 0 Å². The Balaban J connectivity index is 1.46. The van der Waals surface area contributed by atoms with Gasteiger partial charge in [0.05, 0.1) is 0 Å². The van der Waals surface area contributed by atoms with Gasteiger partial charge in [0.25, 0.3) is 0 Å². The minimum absolute atomic E-state index is 0.521. The van der Waals surface area contributed by atoms with Crippen molar-refractivity contribution >= 4 is 5.70 Å². The third-order valence-corrected chi connectivity index (χ3v) is 8.75. The molecular weight excluding hydrogens is 398 g/mol. The van der Waals surface area contributed by atoms with E-state index in [1.807, 2.05) is 0 Å². The van der Waals surface area contributed by atoms with Gasteiger partial charge in [-0.25, -0.2) is 0 Å². The first-order chi connectivity index (χ1) is 16.0. The van der Waals surface area contributed by atoms with Crippen molar-refractivity contribution in [1.82, 2.24) is 4.90 Å². The first-order valence-corrected chi connectivity index (χ1v) is 13.6. The van der Waals surface area contributed by atoms with Crippen LogP contribution < -0.4 is 0 Å². The molecule has 2 aliphatic rings. The van der Waals surface area contributed by atoms with Crippen LogP contribution in [0.2, 0.25) is 0 Å². The standard InChI is InChI=1S/C32H45N/c1-5-7-13-28-16-11-17-31(25(28)3)26(4)33-20-18-32(19-21-33)23-27(12-6-2)22-30(24-32)29-14-9-8-10-15-29/h8-11,14-17,27,30H,4-7,12-13,18-24H2,1-3H3. The second kappa shape index (κ2) is 10.9. The zero-order valence-corrected chi connectivity index (χ0v) is 21.4. The lowest BCUT2D eigenvalue weighted by molar-refractivity contribution is 0.0510. The molecule has 1 nitrogen and oxygen atoms in total. The molecule has 1 saturated heterocycles. The highest BCUT2D eigenvalue weighted by atomic mass is 15.1. The molecule has 0 bridgehead atoms. The summed E-state index contributed by atoms with van der Waals surface area (Å²) < 4.78 is 0. The van der Waals surface area contributed by atoms with E-state index >= 15 is 0 Å². The zero-order valence-electron chi connectivity index (χ0n) is 21.4. The predicted molar refractivity (Wildman–Crippen MR) is 143 cm³/mol. The summed E-state index contributed by atoms with van der Waals surface area (Å²) in [6.45, 7) is 13.9. The Morgan fingerprint density at radius 1 is 0.970 bits per heavy atom. The molecule has 1 heterocycles. The quantitative estimate of drug-likeness (QED) is 0.394. The van der Waals surface area contributed by atoms with Crippen LogP contribution in [0.15, 0.2) is 55.1 Å². The van der Waals surface area contributed by atoms with E-state index in [1.165, 1.54) is 86.6 Å². The van der Waals surface area contributed by atoms with Crippen molar-refractivity contribution in [3.8, 4) is 0 Å². The molecule has 1 heteroatoms.